The smallest absolute Gasteiger partial charge is 0.275 e. The molecule has 3 N–H and O–H groups in total. The number of phenols is 1. The monoisotopic (exact) mass is 404 g/mol. The normalized spacial score (nSPS) is 11.6. The zero-order valence-corrected chi connectivity index (χ0v) is 17.4. The van der Waals surface area contributed by atoms with Crippen molar-refractivity contribution in [3.63, 3.8) is 0 Å². The van der Waals surface area contributed by atoms with Crippen LogP contribution in [0.4, 0.5) is 0 Å². The third-order valence-electron chi connectivity index (χ3n) is 4.67. The zero-order valence-electron chi connectivity index (χ0n) is 16.7. The number of carbonyl (C=O) groups excluding carboxylic acids is 1. The molecule has 0 saturated carbocycles. The summed E-state index contributed by atoms with van der Waals surface area (Å²) in [6.45, 7) is 9.02. The standard InChI is InChI=1S/C21H26ClN3O3/c1-5-25(6-2)13-16-11-15(7-10-20(16)28-4)14(3)23-24-21(27)18-12-17(22)8-9-19(18)26/h7-12,26H,5-6,13H2,1-4H3,(H,24,27)/p+1/b23-14-. The van der Waals surface area contributed by atoms with Crippen molar-refractivity contribution in [2.75, 3.05) is 20.2 Å². The molecule has 2 rings (SSSR count). The van der Waals surface area contributed by atoms with Gasteiger partial charge in [-0.05, 0) is 62.7 Å². The topological polar surface area (TPSA) is 75.4 Å². The first-order valence-electron chi connectivity index (χ1n) is 9.23. The fourth-order valence-corrected chi connectivity index (χ4v) is 3.03. The number of carbonyl (C=O) groups is 1. The highest BCUT2D eigenvalue weighted by Gasteiger charge is 2.14. The summed E-state index contributed by atoms with van der Waals surface area (Å²) in [5.74, 6) is 0.160. The second-order valence-electron chi connectivity index (χ2n) is 6.46. The molecule has 2 aromatic carbocycles. The largest absolute Gasteiger partial charge is 0.507 e. The Morgan fingerprint density at radius 3 is 2.57 bits per heavy atom. The van der Waals surface area contributed by atoms with Crippen molar-refractivity contribution in [2.45, 2.75) is 27.3 Å². The van der Waals surface area contributed by atoms with Gasteiger partial charge < -0.3 is 14.7 Å². The number of rotatable bonds is 8. The van der Waals surface area contributed by atoms with Gasteiger partial charge in [-0.3, -0.25) is 4.79 Å². The molecule has 0 atom stereocenters. The molecule has 0 radical (unpaired) electrons. The average molecular weight is 405 g/mol. The number of hydrogen-bond donors (Lipinski definition) is 3. The summed E-state index contributed by atoms with van der Waals surface area (Å²) >= 11 is 5.89. The molecule has 0 aliphatic carbocycles. The predicted octanol–water partition coefficient (Wildman–Crippen LogP) is 2.63. The molecule has 0 bridgehead atoms. The second-order valence-corrected chi connectivity index (χ2v) is 6.90. The number of hydrazone groups is 1. The lowest BCUT2D eigenvalue weighted by Gasteiger charge is -2.18. The van der Waals surface area contributed by atoms with Crippen LogP contribution in [-0.2, 0) is 6.54 Å². The van der Waals surface area contributed by atoms with E-state index >= 15 is 0 Å². The van der Waals surface area contributed by atoms with Gasteiger partial charge in [-0.25, -0.2) is 5.43 Å². The van der Waals surface area contributed by atoms with Crippen LogP contribution in [0.25, 0.3) is 0 Å². The number of aromatic hydroxyl groups is 1. The Bertz CT molecular complexity index is 864. The molecular weight excluding hydrogens is 378 g/mol. The van der Waals surface area contributed by atoms with Gasteiger partial charge in [0.05, 0.1) is 31.5 Å². The number of benzene rings is 2. The number of nitrogens with one attached hydrogen (secondary N) is 2. The number of phenolic OH excluding ortho intramolecular Hbond substituents is 1. The Morgan fingerprint density at radius 2 is 1.93 bits per heavy atom. The summed E-state index contributed by atoms with van der Waals surface area (Å²) in [6, 6.07) is 10.1. The molecule has 0 saturated heterocycles. The maximum atomic E-state index is 12.3. The number of ether oxygens (including phenoxy) is 1. The number of halogens is 1. The highest BCUT2D eigenvalue weighted by molar-refractivity contribution is 6.31. The Kier molecular flexibility index (Phi) is 7.84. The van der Waals surface area contributed by atoms with E-state index in [1.807, 2.05) is 25.1 Å². The summed E-state index contributed by atoms with van der Waals surface area (Å²) in [6.07, 6.45) is 0. The number of methoxy groups -OCH3 is 1. The minimum absolute atomic E-state index is 0.0737. The number of quaternary nitrogens is 1. The minimum atomic E-state index is -0.527. The van der Waals surface area contributed by atoms with Gasteiger partial charge in [0.2, 0.25) is 0 Å². The van der Waals surface area contributed by atoms with Crippen LogP contribution in [0.5, 0.6) is 11.5 Å². The van der Waals surface area contributed by atoms with Crippen LogP contribution >= 0.6 is 11.6 Å². The van der Waals surface area contributed by atoms with Crippen LogP contribution in [0, 0.1) is 0 Å². The van der Waals surface area contributed by atoms with E-state index in [4.69, 9.17) is 16.3 Å². The van der Waals surface area contributed by atoms with Crippen molar-refractivity contribution < 1.29 is 19.5 Å². The van der Waals surface area contributed by atoms with Crippen LogP contribution < -0.4 is 15.1 Å². The van der Waals surface area contributed by atoms with Gasteiger partial charge in [-0.15, -0.1) is 0 Å². The third kappa shape index (κ3) is 5.47. The molecule has 0 fully saturated rings. The summed E-state index contributed by atoms with van der Waals surface area (Å²) in [7, 11) is 1.66. The Hall–Kier alpha value is -2.57. The van der Waals surface area contributed by atoms with E-state index in [2.05, 4.69) is 24.4 Å². The fraction of sp³-hybridized carbons (Fsp3) is 0.333. The lowest BCUT2D eigenvalue weighted by molar-refractivity contribution is -0.910. The first-order valence-corrected chi connectivity index (χ1v) is 9.61. The van der Waals surface area contributed by atoms with E-state index in [-0.39, 0.29) is 11.3 Å². The van der Waals surface area contributed by atoms with Crippen LogP contribution in [0.15, 0.2) is 41.5 Å². The summed E-state index contributed by atoms with van der Waals surface area (Å²) in [5.41, 5.74) is 5.17. The van der Waals surface area contributed by atoms with Crippen LogP contribution in [-0.4, -0.2) is 36.9 Å². The van der Waals surface area contributed by atoms with Crippen LogP contribution in [0.2, 0.25) is 5.02 Å². The average Bonchev–Trinajstić information content (AvgIpc) is 2.71. The molecule has 2 aromatic rings. The lowest BCUT2D eigenvalue weighted by atomic mass is 10.1. The van der Waals surface area contributed by atoms with Crippen molar-refractivity contribution in [1.29, 1.82) is 0 Å². The van der Waals surface area contributed by atoms with E-state index in [1.54, 1.807) is 7.11 Å². The minimum Gasteiger partial charge on any atom is -0.507 e. The van der Waals surface area contributed by atoms with Crippen molar-refractivity contribution in [3.05, 3.63) is 58.1 Å². The van der Waals surface area contributed by atoms with E-state index in [1.165, 1.54) is 23.1 Å². The molecular formula is C21H27ClN3O3+. The number of nitrogens with zero attached hydrogens (tertiary/aromatic N) is 1. The first kappa shape index (κ1) is 21.7. The molecule has 7 heteroatoms. The molecule has 0 aliphatic heterocycles. The van der Waals surface area contributed by atoms with Crippen molar-refractivity contribution in [2.24, 2.45) is 5.10 Å². The van der Waals surface area contributed by atoms with Gasteiger partial charge in [0.25, 0.3) is 5.91 Å². The summed E-state index contributed by atoms with van der Waals surface area (Å²) in [4.78, 5) is 13.7. The molecule has 1 amide bonds. The third-order valence-corrected chi connectivity index (χ3v) is 4.90. The first-order chi connectivity index (χ1) is 13.4. The van der Waals surface area contributed by atoms with Gasteiger partial charge >= 0.3 is 0 Å². The highest BCUT2D eigenvalue weighted by atomic mass is 35.5. The van der Waals surface area contributed by atoms with E-state index in [0.717, 1.165) is 36.5 Å². The lowest BCUT2D eigenvalue weighted by Crippen LogP contribution is -3.10. The highest BCUT2D eigenvalue weighted by Crippen LogP contribution is 2.22. The summed E-state index contributed by atoms with van der Waals surface area (Å²) in [5, 5.41) is 14.4. The van der Waals surface area contributed by atoms with Gasteiger partial charge in [0, 0.05) is 10.6 Å². The quantitative estimate of drug-likeness (QED) is 0.467. The molecule has 0 unspecified atom stereocenters. The molecule has 0 aromatic heterocycles. The molecule has 0 heterocycles. The maximum Gasteiger partial charge on any atom is 0.275 e. The molecule has 6 nitrogen and oxygen atoms in total. The van der Waals surface area contributed by atoms with Crippen molar-refractivity contribution in [1.82, 2.24) is 5.43 Å². The molecule has 28 heavy (non-hydrogen) atoms. The van der Waals surface area contributed by atoms with E-state index in [9.17, 15) is 9.90 Å². The van der Waals surface area contributed by atoms with Crippen molar-refractivity contribution in [3.8, 4) is 11.5 Å². The molecule has 150 valence electrons. The fourth-order valence-electron chi connectivity index (χ4n) is 2.86. The summed E-state index contributed by atoms with van der Waals surface area (Å²) < 4.78 is 5.49. The SMILES string of the molecule is CC[NH+](CC)Cc1cc(/C(C)=N\NC(=O)c2cc(Cl)ccc2O)ccc1OC. The van der Waals surface area contributed by atoms with Crippen LogP contribution in [0.1, 0.15) is 42.3 Å². The maximum absolute atomic E-state index is 12.3. The van der Waals surface area contributed by atoms with E-state index in [0.29, 0.717) is 10.7 Å². The van der Waals surface area contributed by atoms with E-state index < -0.39 is 5.91 Å². The van der Waals surface area contributed by atoms with Gasteiger partial charge in [-0.2, -0.15) is 5.10 Å². The van der Waals surface area contributed by atoms with Crippen molar-refractivity contribution >= 4 is 23.2 Å². The van der Waals surface area contributed by atoms with Gasteiger partial charge in [0.15, 0.2) is 0 Å². The Morgan fingerprint density at radius 1 is 1.21 bits per heavy atom. The van der Waals surface area contributed by atoms with Gasteiger partial charge in [0.1, 0.15) is 18.0 Å². The second kappa shape index (κ2) is 10.1. The Balaban J connectivity index is 2.21. The Labute approximate surface area is 170 Å². The van der Waals surface area contributed by atoms with Crippen LogP contribution in [0.3, 0.4) is 0 Å². The molecule has 0 aliphatic rings. The molecule has 0 spiro atoms. The zero-order chi connectivity index (χ0) is 20.7. The predicted molar refractivity (Wildman–Crippen MR) is 112 cm³/mol. The number of amides is 1. The number of hydrogen-bond acceptors (Lipinski definition) is 4. The van der Waals surface area contributed by atoms with Gasteiger partial charge in [-0.1, -0.05) is 11.6 Å².